The topological polar surface area (TPSA) is 37.3 Å². The number of hydrogen-bond acceptors (Lipinski definition) is 2. The molecule has 0 rings (SSSR count). The molecular formula is C4H11O2PS. The van der Waals surface area contributed by atoms with Gasteiger partial charge in [-0.2, -0.15) is 0 Å². The van der Waals surface area contributed by atoms with Crippen molar-refractivity contribution in [3.8, 4) is 0 Å². The molecule has 0 saturated heterocycles. The minimum Gasteiger partial charge on any atom is -0.339 e. The molecule has 0 aromatic rings. The molecule has 4 heteroatoms. The van der Waals surface area contributed by atoms with Crippen LogP contribution in [-0.2, 0) is 4.57 Å². The highest BCUT2D eigenvalue weighted by atomic mass is 32.7. The molecule has 0 aliphatic carbocycles. The molecule has 0 spiro atoms. The second-order valence-electron chi connectivity index (χ2n) is 1.47. The Kier molecular flexibility index (Phi) is 6.06. The summed E-state index contributed by atoms with van der Waals surface area (Å²) in [6.07, 6.45) is 2.14. The molecule has 1 unspecified atom stereocenters. The zero-order valence-electron chi connectivity index (χ0n) is 4.89. The standard InChI is InChI=1S/C4H11O2PS/c1-2-3-4-8-7(5)6/h7H,2-4H2,1H3,(H,5,6). The Balaban J connectivity index is 2.82. The van der Waals surface area contributed by atoms with E-state index < -0.39 is 7.23 Å². The van der Waals surface area contributed by atoms with Crippen molar-refractivity contribution < 1.29 is 9.46 Å². The Morgan fingerprint density at radius 1 is 1.75 bits per heavy atom. The monoisotopic (exact) mass is 154 g/mol. The van der Waals surface area contributed by atoms with Crippen LogP contribution in [0.2, 0.25) is 0 Å². The van der Waals surface area contributed by atoms with Crippen molar-refractivity contribution >= 4 is 18.6 Å². The first-order chi connectivity index (χ1) is 3.77. The number of unbranched alkanes of at least 4 members (excludes halogenated alkanes) is 1. The van der Waals surface area contributed by atoms with Crippen LogP contribution in [0.4, 0.5) is 0 Å². The van der Waals surface area contributed by atoms with E-state index in [0.717, 1.165) is 30.0 Å². The normalized spacial score (nSPS) is 13.8. The molecule has 0 radical (unpaired) electrons. The highest BCUT2D eigenvalue weighted by molar-refractivity contribution is 8.50. The number of rotatable bonds is 4. The summed E-state index contributed by atoms with van der Waals surface area (Å²) in [6.45, 7) is 2.06. The summed E-state index contributed by atoms with van der Waals surface area (Å²) in [5, 5.41) is 0. The second kappa shape index (κ2) is 5.67. The molecule has 1 N–H and O–H groups in total. The molecule has 50 valence electrons. The van der Waals surface area contributed by atoms with Crippen LogP contribution < -0.4 is 0 Å². The van der Waals surface area contributed by atoms with E-state index in [2.05, 4.69) is 6.92 Å². The molecule has 0 saturated carbocycles. The average Bonchev–Trinajstić information content (AvgIpc) is 1.66. The van der Waals surface area contributed by atoms with E-state index in [1.807, 2.05) is 0 Å². The third-order valence-corrected chi connectivity index (χ3v) is 2.82. The molecule has 0 bridgehead atoms. The van der Waals surface area contributed by atoms with Gasteiger partial charge in [-0.1, -0.05) is 24.7 Å². The first-order valence-electron chi connectivity index (χ1n) is 2.63. The molecule has 8 heavy (non-hydrogen) atoms. The van der Waals surface area contributed by atoms with Gasteiger partial charge in [0.25, 0.3) is 0 Å². The summed E-state index contributed by atoms with van der Waals surface area (Å²) >= 11 is 1.16. The van der Waals surface area contributed by atoms with Gasteiger partial charge >= 0.3 is 0 Å². The van der Waals surface area contributed by atoms with E-state index >= 15 is 0 Å². The van der Waals surface area contributed by atoms with Gasteiger partial charge in [0.15, 0.2) is 0 Å². The fraction of sp³-hybridized carbons (Fsp3) is 1.00. The van der Waals surface area contributed by atoms with Gasteiger partial charge in [0.1, 0.15) is 0 Å². The molecule has 0 aromatic carbocycles. The van der Waals surface area contributed by atoms with Crippen molar-refractivity contribution in [2.45, 2.75) is 19.8 Å². The highest BCUT2D eigenvalue weighted by Gasteiger charge is 1.89. The number of hydrogen-bond donors (Lipinski definition) is 1. The van der Waals surface area contributed by atoms with E-state index in [9.17, 15) is 4.57 Å². The van der Waals surface area contributed by atoms with Crippen molar-refractivity contribution in [3.05, 3.63) is 0 Å². The van der Waals surface area contributed by atoms with Gasteiger partial charge in [0, 0.05) is 5.75 Å². The SMILES string of the molecule is CCCCS[PH](=O)O. The summed E-state index contributed by atoms with van der Waals surface area (Å²) in [7, 11) is -2.24. The van der Waals surface area contributed by atoms with E-state index in [4.69, 9.17) is 4.89 Å². The van der Waals surface area contributed by atoms with E-state index in [1.54, 1.807) is 0 Å². The van der Waals surface area contributed by atoms with Crippen LogP contribution in [0.3, 0.4) is 0 Å². The highest BCUT2D eigenvalue weighted by Crippen LogP contribution is 2.32. The lowest BCUT2D eigenvalue weighted by molar-refractivity contribution is 0.519. The fourth-order valence-electron chi connectivity index (χ4n) is 0.304. The van der Waals surface area contributed by atoms with E-state index in [0.29, 0.717) is 0 Å². The van der Waals surface area contributed by atoms with Crippen LogP contribution in [0.15, 0.2) is 0 Å². The lowest BCUT2D eigenvalue weighted by Gasteiger charge is -1.91. The molecule has 0 aliphatic rings. The van der Waals surface area contributed by atoms with Crippen LogP contribution >= 0.6 is 18.6 Å². The predicted octanol–water partition coefficient (Wildman–Crippen LogP) is 1.90. The van der Waals surface area contributed by atoms with Gasteiger partial charge in [-0.15, -0.1) is 0 Å². The van der Waals surface area contributed by atoms with Gasteiger partial charge in [-0.05, 0) is 6.42 Å². The lowest BCUT2D eigenvalue weighted by Crippen LogP contribution is -1.71. The Morgan fingerprint density at radius 2 is 2.38 bits per heavy atom. The quantitative estimate of drug-likeness (QED) is 0.496. The first-order valence-corrected chi connectivity index (χ1v) is 5.69. The molecule has 0 amide bonds. The fourth-order valence-corrected chi connectivity index (χ4v) is 1.87. The van der Waals surface area contributed by atoms with Crippen LogP contribution in [0.5, 0.6) is 0 Å². The largest absolute Gasteiger partial charge is 0.339 e. The van der Waals surface area contributed by atoms with Gasteiger partial charge in [0.05, 0.1) is 0 Å². The van der Waals surface area contributed by atoms with Crippen molar-refractivity contribution in [2.75, 3.05) is 5.75 Å². The van der Waals surface area contributed by atoms with Crippen molar-refractivity contribution in [1.82, 2.24) is 0 Å². The second-order valence-corrected chi connectivity index (χ2v) is 4.61. The summed E-state index contributed by atoms with van der Waals surface area (Å²) in [5.74, 6) is 0.824. The van der Waals surface area contributed by atoms with Crippen molar-refractivity contribution in [3.63, 3.8) is 0 Å². The molecular weight excluding hydrogens is 143 g/mol. The molecule has 1 atom stereocenters. The smallest absolute Gasteiger partial charge is 0.243 e. The molecule has 0 aromatic heterocycles. The van der Waals surface area contributed by atoms with Gasteiger partial charge < -0.3 is 4.89 Å². The lowest BCUT2D eigenvalue weighted by atomic mass is 10.4. The van der Waals surface area contributed by atoms with E-state index in [1.165, 1.54) is 0 Å². The summed E-state index contributed by atoms with van der Waals surface area (Å²) in [5.41, 5.74) is 0. The molecule has 0 heterocycles. The average molecular weight is 154 g/mol. The summed E-state index contributed by atoms with van der Waals surface area (Å²) in [4.78, 5) is 8.29. The summed E-state index contributed by atoms with van der Waals surface area (Å²) < 4.78 is 10.0. The van der Waals surface area contributed by atoms with Gasteiger partial charge in [-0.3, -0.25) is 4.57 Å². The Labute approximate surface area is 54.3 Å². The summed E-state index contributed by atoms with van der Waals surface area (Å²) in [6, 6.07) is 0. The van der Waals surface area contributed by atoms with E-state index in [-0.39, 0.29) is 0 Å². The van der Waals surface area contributed by atoms with Gasteiger partial charge in [-0.25, -0.2) is 0 Å². The van der Waals surface area contributed by atoms with Crippen LogP contribution in [0, 0.1) is 0 Å². The van der Waals surface area contributed by atoms with Crippen LogP contribution in [0.25, 0.3) is 0 Å². The maximum atomic E-state index is 10.0. The van der Waals surface area contributed by atoms with Crippen LogP contribution in [0.1, 0.15) is 19.8 Å². The maximum Gasteiger partial charge on any atom is 0.243 e. The maximum absolute atomic E-state index is 10.0. The zero-order chi connectivity index (χ0) is 6.41. The van der Waals surface area contributed by atoms with Crippen molar-refractivity contribution in [1.29, 1.82) is 0 Å². The first kappa shape index (κ1) is 8.54. The van der Waals surface area contributed by atoms with Gasteiger partial charge in [0.2, 0.25) is 7.23 Å². The minimum absolute atomic E-state index is 0.824. The van der Waals surface area contributed by atoms with Crippen LogP contribution in [-0.4, -0.2) is 10.6 Å². The minimum atomic E-state index is -2.24. The molecule has 2 nitrogen and oxygen atoms in total. The molecule has 0 aliphatic heterocycles. The molecule has 0 fully saturated rings. The zero-order valence-corrected chi connectivity index (χ0v) is 6.70. The van der Waals surface area contributed by atoms with Crippen molar-refractivity contribution in [2.24, 2.45) is 0 Å². The third kappa shape index (κ3) is 6.54. The Morgan fingerprint density at radius 3 is 2.75 bits per heavy atom. The Hall–Kier alpha value is 0.540. The predicted molar refractivity (Wildman–Crippen MR) is 38.6 cm³/mol. The third-order valence-electron chi connectivity index (χ3n) is 0.723. The Bertz CT molecular complexity index is 76.4.